The van der Waals surface area contributed by atoms with E-state index >= 15 is 0 Å². The molecule has 0 unspecified atom stereocenters. The Morgan fingerprint density at radius 3 is 2.34 bits per heavy atom. The number of carbonyl (C=O) groups is 3. The third-order valence-electron chi connectivity index (χ3n) is 3.90. The maximum Gasteiger partial charge on any atom is 0.270 e. The molecule has 1 atom stereocenters. The van der Waals surface area contributed by atoms with Gasteiger partial charge < -0.3 is 20.5 Å². The Hall–Kier alpha value is -4.01. The first kappa shape index (κ1) is 21.3. The monoisotopic (exact) mass is 396 g/mol. The van der Waals surface area contributed by atoms with Crippen molar-refractivity contribution in [2.45, 2.75) is 19.9 Å². The highest BCUT2D eigenvalue weighted by Gasteiger charge is 2.17. The number of nitrogens with zero attached hydrogens (tertiary/aromatic N) is 1. The van der Waals surface area contributed by atoms with E-state index in [9.17, 15) is 29.6 Å². The van der Waals surface area contributed by atoms with Crippen molar-refractivity contribution in [1.82, 2.24) is 10.6 Å². The largest absolute Gasteiger partial charge is 0.548 e. The highest BCUT2D eigenvalue weighted by Crippen LogP contribution is 2.16. The van der Waals surface area contributed by atoms with Crippen LogP contribution < -0.4 is 15.7 Å². The summed E-state index contributed by atoms with van der Waals surface area (Å²) in [5.74, 6) is -2.98. The third kappa shape index (κ3) is 5.99. The minimum Gasteiger partial charge on any atom is -0.548 e. The molecular weight excluding hydrogens is 378 g/mol. The second-order valence-electron chi connectivity index (χ2n) is 6.24. The molecule has 0 saturated carbocycles. The lowest BCUT2D eigenvalue weighted by Crippen LogP contribution is -2.48. The van der Waals surface area contributed by atoms with Gasteiger partial charge in [0.1, 0.15) is 5.70 Å². The number of aryl methyl sites for hydroxylation is 1. The number of benzene rings is 2. The topological polar surface area (TPSA) is 141 Å². The quantitative estimate of drug-likeness (QED) is 0.405. The first-order valence-electron chi connectivity index (χ1n) is 8.53. The van der Waals surface area contributed by atoms with Gasteiger partial charge >= 0.3 is 0 Å². The first-order valence-corrected chi connectivity index (χ1v) is 8.53. The number of carboxylic acids is 1. The van der Waals surface area contributed by atoms with E-state index in [0.29, 0.717) is 0 Å². The molecule has 2 rings (SSSR count). The van der Waals surface area contributed by atoms with Gasteiger partial charge in [0.25, 0.3) is 17.5 Å². The van der Waals surface area contributed by atoms with Crippen molar-refractivity contribution in [2.24, 2.45) is 0 Å². The molecule has 9 nitrogen and oxygen atoms in total. The molecule has 0 aromatic heterocycles. The van der Waals surface area contributed by atoms with Crippen molar-refractivity contribution >= 4 is 29.5 Å². The number of amides is 2. The molecular formula is C20H18N3O6-. The molecule has 0 aliphatic heterocycles. The van der Waals surface area contributed by atoms with Crippen molar-refractivity contribution in [1.29, 1.82) is 0 Å². The van der Waals surface area contributed by atoms with Crippen molar-refractivity contribution in [3.8, 4) is 0 Å². The summed E-state index contributed by atoms with van der Waals surface area (Å²) in [5, 5.41) is 26.5. The van der Waals surface area contributed by atoms with Gasteiger partial charge in [0, 0.05) is 17.7 Å². The Balaban J connectivity index is 2.36. The van der Waals surface area contributed by atoms with Gasteiger partial charge in [0.15, 0.2) is 0 Å². The number of rotatable bonds is 7. The molecule has 0 bridgehead atoms. The SMILES string of the molecule is Cc1ccc(C(=O)N/C(=C\c2cccc([N+](=O)[O-])c2)C(=O)N[C@H](C)C(=O)[O-])cc1. The maximum absolute atomic E-state index is 12.5. The van der Waals surface area contributed by atoms with E-state index in [0.717, 1.165) is 5.56 Å². The smallest absolute Gasteiger partial charge is 0.270 e. The summed E-state index contributed by atoms with van der Waals surface area (Å²) in [6.45, 7) is 3.06. The molecule has 2 N–H and O–H groups in total. The molecule has 9 heteroatoms. The summed E-state index contributed by atoms with van der Waals surface area (Å²) in [5.41, 5.74) is 1.01. The van der Waals surface area contributed by atoms with Crippen LogP contribution in [-0.2, 0) is 9.59 Å². The van der Waals surface area contributed by atoms with Crippen LogP contribution in [0, 0.1) is 17.0 Å². The van der Waals surface area contributed by atoms with Crippen molar-refractivity contribution in [2.75, 3.05) is 0 Å². The number of nitrogens with one attached hydrogen (secondary N) is 2. The summed E-state index contributed by atoms with van der Waals surface area (Å²) < 4.78 is 0. The number of hydrogen-bond donors (Lipinski definition) is 2. The molecule has 0 radical (unpaired) electrons. The van der Waals surface area contributed by atoms with Gasteiger partial charge in [0.05, 0.1) is 16.9 Å². The number of non-ortho nitro benzene ring substituents is 1. The van der Waals surface area contributed by atoms with Gasteiger partial charge in [-0.3, -0.25) is 19.7 Å². The van der Waals surface area contributed by atoms with E-state index in [-0.39, 0.29) is 22.5 Å². The lowest BCUT2D eigenvalue weighted by molar-refractivity contribution is -0.384. The number of nitro groups is 1. The van der Waals surface area contributed by atoms with Crippen LogP contribution >= 0.6 is 0 Å². The van der Waals surface area contributed by atoms with E-state index in [4.69, 9.17) is 0 Å². The van der Waals surface area contributed by atoms with Crippen molar-refractivity contribution in [3.05, 3.63) is 81.0 Å². The van der Waals surface area contributed by atoms with Crippen LogP contribution in [0.3, 0.4) is 0 Å². The van der Waals surface area contributed by atoms with Gasteiger partial charge in [0.2, 0.25) is 0 Å². The zero-order valence-corrected chi connectivity index (χ0v) is 15.7. The minimum atomic E-state index is -1.50. The predicted molar refractivity (Wildman–Crippen MR) is 102 cm³/mol. The predicted octanol–water partition coefficient (Wildman–Crippen LogP) is 0.929. The Morgan fingerprint density at radius 1 is 1.10 bits per heavy atom. The van der Waals surface area contributed by atoms with Crippen molar-refractivity contribution < 1.29 is 24.4 Å². The molecule has 0 fully saturated rings. The van der Waals surface area contributed by atoms with Gasteiger partial charge in [-0.05, 0) is 37.6 Å². The fourth-order valence-electron chi connectivity index (χ4n) is 2.29. The Morgan fingerprint density at radius 2 is 1.76 bits per heavy atom. The fraction of sp³-hybridized carbons (Fsp3) is 0.150. The minimum absolute atomic E-state index is 0.202. The third-order valence-corrected chi connectivity index (χ3v) is 3.90. The van der Waals surface area contributed by atoms with E-state index < -0.39 is 28.7 Å². The van der Waals surface area contributed by atoms with Crippen LogP contribution in [0.1, 0.15) is 28.4 Å². The van der Waals surface area contributed by atoms with Gasteiger partial charge in [-0.25, -0.2) is 0 Å². The molecule has 0 aliphatic rings. The van der Waals surface area contributed by atoms with E-state index in [1.54, 1.807) is 24.3 Å². The second-order valence-corrected chi connectivity index (χ2v) is 6.24. The lowest BCUT2D eigenvalue weighted by Gasteiger charge is -2.17. The van der Waals surface area contributed by atoms with Gasteiger partial charge in [-0.2, -0.15) is 0 Å². The van der Waals surface area contributed by atoms with Crippen LogP contribution in [0.2, 0.25) is 0 Å². The van der Waals surface area contributed by atoms with Gasteiger partial charge in [-0.15, -0.1) is 0 Å². The summed E-state index contributed by atoms with van der Waals surface area (Å²) in [7, 11) is 0. The molecule has 150 valence electrons. The summed E-state index contributed by atoms with van der Waals surface area (Å²) in [6, 6.07) is 10.7. The first-order chi connectivity index (χ1) is 13.7. The highest BCUT2D eigenvalue weighted by molar-refractivity contribution is 6.06. The number of carboxylic acid groups (broad SMARTS) is 1. The molecule has 0 saturated heterocycles. The average molecular weight is 396 g/mol. The zero-order valence-electron chi connectivity index (χ0n) is 15.7. The molecule has 2 aromatic rings. The molecule has 29 heavy (non-hydrogen) atoms. The fourth-order valence-corrected chi connectivity index (χ4v) is 2.29. The van der Waals surface area contributed by atoms with Crippen LogP contribution in [0.25, 0.3) is 6.08 Å². The number of carbonyl (C=O) groups excluding carboxylic acids is 3. The number of aliphatic carboxylic acids is 1. The van der Waals surface area contributed by atoms with E-state index in [1.807, 2.05) is 6.92 Å². The number of hydrogen-bond acceptors (Lipinski definition) is 6. The van der Waals surface area contributed by atoms with Crippen molar-refractivity contribution in [3.63, 3.8) is 0 Å². The van der Waals surface area contributed by atoms with E-state index in [1.165, 1.54) is 37.3 Å². The maximum atomic E-state index is 12.5. The van der Waals surface area contributed by atoms with Crippen LogP contribution in [0.5, 0.6) is 0 Å². The molecule has 0 spiro atoms. The average Bonchev–Trinajstić information content (AvgIpc) is 2.67. The summed E-state index contributed by atoms with van der Waals surface area (Å²) in [4.78, 5) is 46.2. The number of nitro benzene ring substituents is 1. The molecule has 0 aliphatic carbocycles. The standard InChI is InChI=1S/C20H19N3O6/c1-12-6-8-15(9-7-12)18(24)22-17(19(25)21-13(2)20(26)27)11-14-4-3-5-16(10-14)23(28)29/h3-11,13H,1-2H3,(H,21,25)(H,22,24)(H,26,27)/p-1/b17-11-/t13-/m1/s1. The van der Waals surface area contributed by atoms with Crippen LogP contribution in [0.15, 0.2) is 54.2 Å². The summed E-state index contributed by atoms with van der Waals surface area (Å²) >= 11 is 0. The van der Waals surface area contributed by atoms with Crippen LogP contribution in [-0.4, -0.2) is 28.7 Å². The Kier molecular flexibility index (Phi) is 6.80. The normalized spacial score (nSPS) is 12.0. The molecule has 0 heterocycles. The molecule has 2 amide bonds. The highest BCUT2D eigenvalue weighted by atomic mass is 16.6. The van der Waals surface area contributed by atoms with Gasteiger partial charge in [-0.1, -0.05) is 29.8 Å². The summed E-state index contributed by atoms with van der Waals surface area (Å²) in [6.07, 6.45) is 1.22. The second kappa shape index (κ2) is 9.27. The Bertz CT molecular complexity index is 982. The van der Waals surface area contributed by atoms with E-state index in [2.05, 4.69) is 10.6 Å². The van der Waals surface area contributed by atoms with Crippen LogP contribution in [0.4, 0.5) is 5.69 Å². The zero-order chi connectivity index (χ0) is 21.6. The molecule has 2 aromatic carbocycles. The Labute approximate surface area is 166 Å². The lowest BCUT2D eigenvalue weighted by atomic mass is 10.1.